The largest absolute Gasteiger partial charge is 0.383 e. The minimum Gasteiger partial charge on any atom is -0.383 e. The van der Waals surface area contributed by atoms with Gasteiger partial charge in [0.05, 0.1) is 6.61 Å². The Kier molecular flexibility index (Phi) is 4.74. The maximum absolute atomic E-state index is 11.7. The van der Waals surface area contributed by atoms with Gasteiger partial charge in [0.2, 0.25) is 5.91 Å². The van der Waals surface area contributed by atoms with Crippen molar-refractivity contribution in [1.29, 1.82) is 0 Å². The molecule has 4 nitrogen and oxygen atoms in total. The first-order chi connectivity index (χ1) is 7.44. The maximum atomic E-state index is 11.7. The summed E-state index contributed by atoms with van der Waals surface area (Å²) in [6.07, 6.45) is 4.52. The first-order valence-corrected chi connectivity index (χ1v) is 5.99. The van der Waals surface area contributed by atoms with Crippen molar-refractivity contribution in [1.82, 2.24) is 5.32 Å². The normalized spacial score (nSPS) is 26.1. The van der Waals surface area contributed by atoms with Gasteiger partial charge in [-0.2, -0.15) is 0 Å². The number of nitrogens with two attached hydrogens (primary N) is 1. The lowest BCUT2D eigenvalue weighted by atomic mass is 9.75. The van der Waals surface area contributed by atoms with Gasteiger partial charge in [0.1, 0.15) is 6.04 Å². The number of rotatable bonds is 4. The summed E-state index contributed by atoms with van der Waals surface area (Å²) in [6.45, 7) is 4.78. The van der Waals surface area contributed by atoms with Gasteiger partial charge in [0, 0.05) is 13.2 Å². The molecular formula is C12H24N2O2. The molecule has 16 heavy (non-hydrogen) atoms. The second-order valence-electron chi connectivity index (χ2n) is 5.53. The average molecular weight is 228 g/mol. The molecule has 0 bridgehead atoms. The lowest BCUT2D eigenvalue weighted by Gasteiger charge is -2.35. The van der Waals surface area contributed by atoms with Crippen molar-refractivity contribution in [3.63, 3.8) is 0 Å². The van der Waals surface area contributed by atoms with Crippen LogP contribution in [0.3, 0.4) is 0 Å². The minimum atomic E-state index is -0.546. The highest BCUT2D eigenvalue weighted by atomic mass is 16.5. The van der Waals surface area contributed by atoms with Crippen LogP contribution in [0.25, 0.3) is 0 Å². The monoisotopic (exact) mass is 228 g/mol. The third kappa shape index (κ3) is 4.10. The fourth-order valence-electron chi connectivity index (χ4n) is 2.38. The van der Waals surface area contributed by atoms with Crippen molar-refractivity contribution >= 4 is 5.91 Å². The predicted octanol–water partition coefficient (Wildman–Crippen LogP) is 1.05. The molecule has 1 aliphatic carbocycles. The predicted molar refractivity (Wildman–Crippen MR) is 64.0 cm³/mol. The second kappa shape index (κ2) is 5.64. The Morgan fingerprint density at radius 2 is 2.31 bits per heavy atom. The van der Waals surface area contributed by atoms with Crippen LogP contribution in [0.1, 0.15) is 39.5 Å². The average Bonchev–Trinajstić information content (AvgIpc) is 2.16. The zero-order valence-corrected chi connectivity index (χ0v) is 10.6. The van der Waals surface area contributed by atoms with Crippen molar-refractivity contribution in [2.45, 2.75) is 51.6 Å². The molecule has 0 aliphatic heterocycles. The first kappa shape index (κ1) is 13.5. The van der Waals surface area contributed by atoms with E-state index in [1.165, 1.54) is 12.8 Å². The van der Waals surface area contributed by atoms with Gasteiger partial charge in [0.25, 0.3) is 0 Å². The molecule has 1 saturated carbocycles. The van der Waals surface area contributed by atoms with Crippen LogP contribution < -0.4 is 11.1 Å². The first-order valence-electron chi connectivity index (χ1n) is 5.99. The third-order valence-corrected chi connectivity index (χ3v) is 3.23. The number of amides is 1. The molecule has 1 aliphatic rings. The highest BCUT2D eigenvalue weighted by Gasteiger charge is 2.29. The fraction of sp³-hybridized carbons (Fsp3) is 0.917. The van der Waals surface area contributed by atoms with Crippen LogP contribution in [0.4, 0.5) is 0 Å². The molecule has 2 unspecified atom stereocenters. The van der Waals surface area contributed by atoms with E-state index >= 15 is 0 Å². The lowest BCUT2D eigenvalue weighted by Crippen LogP contribution is -2.49. The summed E-state index contributed by atoms with van der Waals surface area (Å²) in [7, 11) is 1.55. The molecule has 0 radical (unpaired) electrons. The Morgan fingerprint density at radius 3 is 2.88 bits per heavy atom. The standard InChI is InChI=1S/C12H24N2O2/c1-12(2)6-4-5-9(7-12)14-11(15)10(13)8-16-3/h9-10H,4-8,13H2,1-3H3,(H,14,15). The van der Waals surface area contributed by atoms with E-state index in [4.69, 9.17) is 10.5 Å². The van der Waals surface area contributed by atoms with E-state index in [2.05, 4.69) is 19.2 Å². The molecule has 3 N–H and O–H groups in total. The van der Waals surface area contributed by atoms with Gasteiger partial charge in [-0.25, -0.2) is 0 Å². The summed E-state index contributed by atoms with van der Waals surface area (Å²) in [5.74, 6) is -0.0930. The Balaban J connectivity index is 2.39. The number of ether oxygens (including phenoxy) is 1. The molecule has 2 atom stereocenters. The molecule has 1 amide bonds. The van der Waals surface area contributed by atoms with E-state index in [1.54, 1.807) is 7.11 Å². The molecule has 0 aromatic rings. The Labute approximate surface area is 97.9 Å². The smallest absolute Gasteiger partial charge is 0.239 e. The SMILES string of the molecule is COCC(N)C(=O)NC1CCCC(C)(C)C1. The Morgan fingerprint density at radius 1 is 1.62 bits per heavy atom. The highest BCUT2D eigenvalue weighted by molar-refractivity contribution is 5.81. The fourth-order valence-corrected chi connectivity index (χ4v) is 2.38. The molecule has 0 spiro atoms. The number of carbonyl (C=O) groups excluding carboxylic acids is 1. The van der Waals surface area contributed by atoms with Crippen molar-refractivity contribution in [2.24, 2.45) is 11.1 Å². The van der Waals surface area contributed by atoms with E-state index < -0.39 is 6.04 Å². The summed E-state index contributed by atoms with van der Waals surface area (Å²) in [4.78, 5) is 11.7. The van der Waals surface area contributed by atoms with Crippen LogP contribution in [0, 0.1) is 5.41 Å². The van der Waals surface area contributed by atoms with E-state index in [0.29, 0.717) is 5.41 Å². The lowest BCUT2D eigenvalue weighted by molar-refractivity contribution is -0.124. The number of nitrogens with one attached hydrogen (secondary N) is 1. The molecule has 0 saturated heterocycles. The van der Waals surface area contributed by atoms with Gasteiger partial charge in [-0.3, -0.25) is 4.79 Å². The van der Waals surface area contributed by atoms with Gasteiger partial charge in [-0.1, -0.05) is 20.3 Å². The zero-order valence-electron chi connectivity index (χ0n) is 10.6. The Bertz CT molecular complexity index is 241. The van der Waals surface area contributed by atoms with E-state index in [1.807, 2.05) is 0 Å². The van der Waals surface area contributed by atoms with Gasteiger partial charge in [0.15, 0.2) is 0 Å². The topological polar surface area (TPSA) is 64.3 Å². The summed E-state index contributed by atoms with van der Waals surface area (Å²) >= 11 is 0. The van der Waals surface area contributed by atoms with Crippen LogP contribution in [0.15, 0.2) is 0 Å². The van der Waals surface area contributed by atoms with Crippen molar-refractivity contribution < 1.29 is 9.53 Å². The van der Waals surface area contributed by atoms with Crippen LogP contribution in [-0.2, 0) is 9.53 Å². The molecule has 94 valence electrons. The quantitative estimate of drug-likeness (QED) is 0.756. The highest BCUT2D eigenvalue weighted by Crippen LogP contribution is 2.34. The summed E-state index contributed by atoms with van der Waals surface area (Å²) in [5, 5.41) is 3.02. The second-order valence-corrected chi connectivity index (χ2v) is 5.53. The molecule has 1 fully saturated rings. The molecule has 1 rings (SSSR count). The van der Waals surface area contributed by atoms with Gasteiger partial charge < -0.3 is 15.8 Å². The van der Waals surface area contributed by atoms with Crippen LogP contribution >= 0.6 is 0 Å². The molecule has 0 aromatic carbocycles. The van der Waals surface area contributed by atoms with Crippen LogP contribution in [0.5, 0.6) is 0 Å². The van der Waals surface area contributed by atoms with E-state index in [0.717, 1.165) is 12.8 Å². The van der Waals surface area contributed by atoms with Crippen molar-refractivity contribution in [3.8, 4) is 0 Å². The van der Waals surface area contributed by atoms with Gasteiger partial charge in [-0.05, 0) is 24.7 Å². The summed E-state index contributed by atoms with van der Waals surface area (Å²) in [5.41, 5.74) is 6.01. The number of carbonyl (C=O) groups is 1. The molecule has 0 aromatic heterocycles. The number of methoxy groups -OCH3 is 1. The van der Waals surface area contributed by atoms with Crippen LogP contribution in [0.2, 0.25) is 0 Å². The van der Waals surface area contributed by atoms with Crippen molar-refractivity contribution in [3.05, 3.63) is 0 Å². The van der Waals surface area contributed by atoms with E-state index in [9.17, 15) is 4.79 Å². The van der Waals surface area contributed by atoms with E-state index in [-0.39, 0.29) is 18.6 Å². The molecule has 0 heterocycles. The molecular weight excluding hydrogens is 204 g/mol. The van der Waals surface area contributed by atoms with Crippen molar-refractivity contribution in [2.75, 3.05) is 13.7 Å². The number of hydrogen-bond acceptors (Lipinski definition) is 3. The van der Waals surface area contributed by atoms with Gasteiger partial charge >= 0.3 is 0 Å². The Hall–Kier alpha value is -0.610. The molecule has 4 heteroatoms. The third-order valence-electron chi connectivity index (χ3n) is 3.23. The minimum absolute atomic E-state index is 0.0930. The number of hydrogen-bond donors (Lipinski definition) is 2. The zero-order chi connectivity index (χ0) is 12.2. The maximum Gasteiger partial charge on any atom is 0.239 e. The van der Waals surface area contributed by atoms with Gasteiger partial charge in [-0.15, -0.1) is 0 Å². The summed E-state index contributed by atoms with van der Waals surface area (Å²) < 4.78 is 4.87. The summed E-state index contributed by atoms with van der Waals surface area (Å²) in [6, 6.07) is -0.269. The van der Waals surface area contributed by atoms with Crippen LogP contribution in [-0.4, -0.2) is 31.7 Å².